The van der Waals surface area contributed by atoms with Gasteiger partial charge in [-0.05, 0) is 60.4 Å². The molecule has 0 atom stereocenters. The van der Waals surface area contributed by atoms with Crippen molar-refractivity contribution < 1.29 is 4.57 Å². The maximum Gasteiger partial charge on any atom is 0.221 e. The topological polar surface area (TPSA) is 3.88 Å². The molecule has 0 bridgehead atoms. The zero-order valence-electron chi connectivity index (χ0n) is 14.5. The Morgan fingerprint density at radius 1 is 1.04 bits per heavy atom. The Kier molecular flexibility index (Phi) is 3.26. The van der Waals surface area contributed by atoms with Crippen molar-refractivity contribution in [2.75, 3.05) is 0 Å². The minimum absolute atomic E-state index is 0.689. The molecule has 0 aliphatic carbocycles. The van der Waals surface area contributed by atoms with E-state index in [1.165, 1.54) is 44.3 Å². The summed E-state index contributed by atoms with van der Waals surface area (Å²) in [6, 6.07) is 13.9. The average Bonchev–Trinajstić information content (AvgIpc) is 2.86. The highest BCUT2D eigenvalue weighted by Gasteiger charge is 2.29. The molecule has 0 radical (unpaired) electrons. The first-order valence-corrected chi connectivity index (χ1v) is 8.58. The van der Waals surface area contributed by atoms with Crippen molar-refractivity contribution in [1.82, 2.24) is 0 Å². The number of nitrogens with zero attached hydrogens (tertiary/aromatic N) is 1. The third-order valence-electron chi connectivity index (χ3n) is 4.94. The lowest BCUT2D eigenvalue weighted by molar-refractivity contribution is -0.671. The highest BCUT2D eigenvalue weighted by atomic mass is 15.0. The minimum Gasteiger partial charge on any atom is -0.193 e. The van der Waals surface area contributed by atoms with Crippen LogP contribution in [0.1, 0.15) is 36.1 Å². The second-order valence-electron chi connectivity index (χ2n) is 7.42. The molecule has 1 nitrogen and oxygen atoms in total. The molecule has 4 rings (SSSR count). The summed E-state index contributed by atoms with van der Waals surface area (Å²) in [5.41, 5.74) is 8.52. The van der Waals surface area contributed by atoms with Gasteiger partial charge in [0.25, 0.3) is 0 Å². The molecule has 0 saturated heterocycles. The Hall–Kier alpha value is -2.15. The molecular weight excluding hydrogens is 278 g/mol. The van der Waals surface area contributed by atoms with Gasteiger partial charge in [0.2, 0.25) is 5.69 Å². The summed E-state index contributed by atoms with van der Waals surface area (Å²) in [4.78, 5) is 0. The Balaban J connectivity index is 1.99. The molecule has 3 aromatic rings. The maximum atomic E-state index is 2.42. The van der Waals surface area contributed by atoms with Crippen molar-refractivity contribution in [2.24, 2.45) is 5.92 Å². The smallest absolute Gasteiger partial charge is 0.193 e. The Morgan fingerprint density at radius 2 is 1.87 bits per heavy atom. The summed E-state index contributed by atoms with van der Waals surface area (Å²) in [7, 11) is 0. The summed E-state index contributed by atoms with van der Waals surface area (Å²) < 4.78 is 2.42. The third-order valence-corrected chi connectivity index (χ3v) is 4.94. The Morgan fingerprint density at radius 3 is 2.65 bits per heavy atom. The van der Waals surface area contributed by atoms with Crippen LogP contribution < -0.4 is 4.57 Å². The largest absolute Gasteiger partial charge is 0.221 e. The van der Waals surface area contributed by atoms with Crippen molar-refractivity contribution in [3.05, 3.63) is 64.8 Å². The molecule has 0 spiro atoms. The second-order valence-corrected chi connectivity index (χ2v) is 7.42. The highest BCUT2D eigenvalue weighted by Crippen LogP contribution is 2.35. The molecule has 0 fully saturated rings. The van der Waals surface area contributed by atoms with Crippen LogP contribution in [0.15, 0.2) is 42.6 Å². The van der Waals surface area contributed by atoms with Gasteiger partial charge >= 0.3 is 0 Å². The first-order valence-electron chi connectivity index (χ1n) is 8.58. The fourth-order valence-corrected chi connectivity index (χ4v) is 3.97. The molecule has 1 aliphatic rings. The van der Waals surface area contributed by atoms with Crippen LogP contribution in [0.3, 0.4) is 0 Å². The summed E-state index contributed by atoms with van der Waals surface area (Å²) in [5, 5.41) is 2.74. The van der Waals surface area contributed by atoms with Gasteiger partial charge in [0.15, 0.2) is 12.7 Å². The lowest BCUT2D eigenvalue weighted by atomic mass is 9.95. The Bertz CT molecular complexity index is 919. The normalized spacial score (nSPS) is 12.7. The number of benzene rings is 2. The summed E-state index contributed by atoms with van der Waals surface area (Å²) in [6.45, 7) is 10.0. The van der Waals surface area contributed by atoms with E-state index in [2.05, 4.69) is 74.9 Å². The fourth-order valence-electron chi connectivity index (χ4n) is 3.97. The lowest BCUT2D eigenvalue weighted by Crippen LogP contribution is -2.31. The van der Waals surface area contributed by atoms with E-state index in [4.69, 9.17) is 0 Å². The predicted molar refractivity (Wildman–Crippen MR) is 96.7 cm³/mol. The molecule has 0 N–H and O–H groups in total. The van der Waals surface area contributed by atoms with Crippen LogP contribution in [0.5, 0.6) is 0 Å². The number of rotatable bonds is 2. The minimum atomic E-state index is 0.689. The number of aromatic nitrogens is 1. The first-order chi connectivity index (χ1) is 11.0. The zero-order valence-corrected chi connectivity index (χ0v) is 14.5. The van der Waals surface area contributed by atoms with Gasteiger partial charge in [0.05, 0.1) is 10.9 Å². The predicted octanol–water partition coefficient (Wildman–Crippen LogP) is 4.97. The van der Waals surface area contributed by atoms with Crippen LogP contribution >= 0.6 is 0 Å². The molecule has 0 amide bonds. The van der Waals surface area contributed by atoms with Crippen LogP contribution in [0.4, 0.5) is 0 Å². The average molecular weight is 302 g/mol. The van der Waals surface area contributed by atoms with Crippen LogP contribution in [-0.4, -0.2) is 0 Å². The molecule has 23 heavy (non-hydrogen) atoms. The molecule has 2 aromatic carbocycles. The van der Waals surface area contributed by atoms with E-state index in [-0.39, 0.29) is 0 Å². The second kappa shape index (κ2) is 5.19. The summed E-state index contributed by atoms with van der Waals surface area (Å²) in [5.74, 6) is 0.689. The third kappa shape index (κ3) is 2.35. The molecule has 2 heterocycles. The molecule has 0 saturated carbocycles. The van der Waals surface area contributed by atoms with Crippen LogP contribution in [0.2, 0.25) is 0 Å². The van der Waals surface area contributed by atoms with Crippen molar-refractivity contribution >= 4 is 10.8 Å². The van der Waals surface area contributed by atoms with E-state index in [9.17, 15) is 0 Å². The number of fused-ring (bicyclic) bond motifs is 5. The quantitative estimate of drug-likeness (QED) is 0.460. The molecule has 1 aliphatic heterocycles. The van der Waals surface area contributed by atoms with Crippen molar-refractivity contribution in [1.29, 1.82) is 0 Å². The maximum absolute atomic E-state index is 2.42. The highest BCUT2D eigenvalue weighted by molar-refractivity contribution is 5.95. The van der Waals surface area contributed by atoms with E-state index < -0.39 is 0 Å². The number of hydrogen-bond donors (Lipinski definition) is 0. The Labute approximate surface area is 138 Å². The van der Waals surface area contributed by atoms with Gasteiger partial charge in [-0.25, -0.2) is 0 Å². The van der Waals surface area contributed by atoms with Crippen LogP contribution in [0.25, 0.3) is 22.0 Å². The van der Waals surface area contributed by atoms with E-state index in [0.29, 0.717) is 5.92 Å². The molecule has 1 heteroatoms. The first kappa shape index (κ1) is 14.4. The zero-order chi connectivity index (χ0) is 16.1. The summed E-state index contributed by atoms with van der Waals surface area (Å²) in [6.07, 6.45) is 3.39. The SMILES string of the molecule is Cc1cc(C)c2c(c1)-c1c3cc(CC(C)C)ccc3cc[n+]1C2. The molecule has 1 aromatic heterocycles. The van der Waals surface area contributed by atoms with Crippen molar-refractivity contribution in [2.45, 2.75) is 40.7 Å². The molecule has 116 valence electrons. The van der Waals surface area contributed by atoms with Gasteiger partial charge in [-0.15, -0.1) is 0 Å². The van der Waals surface area contributed by atoms with Gasteiger partial charge in [-0.2, -0.15) is 4.57 Å². The van der Waals surface area contributed by atoms with Gasteiger partial charge in [0.1, 0.15) is 0 Å². The van der Waals surface area contributed by atoms with Crippen molar-refractivity contribution in [3.8, 4) is 11.3 Å². The van der Waals surface area contributed by atoms with Gasteiger partial charge < -0.3 is 0 Å². The van der Waals surface area contributed by atoms with Crippen LogP contribution in [0, 0.1) is 19.8 Å². The fraction of sp³-hybridized carbons (Fsp3) is 0.318. The lowest BCUT2D eigenvalue weighted by Gasteiger charge is -2.08. The number of pyridine rings is 1. The molecule has 0 unspecified atom stereocenters. The van der Waals surface area contributed by atoms with E-state index in [1.807, 2.05) is 0 Å². The van der Waals surface area contributed by atoms with Crippen LogP contribution in [-0.2, 0) is 13.0 Å². The van der Waals surface area contributed by atoms with Gasteiger partial charge in [-0.3, -0.25) is 0 Å². The van der Waals surface area contributed by atoms with E-state index in [0.717, 1.165) is 13.0 Å². The standard InChI is InChI=1S/C22H24N/c1-14(2)9-17-5-6-18-7-8-23-13-21-16(4)10-15(3)11-20(21)22(23)19(18)12-17/h5-8,10-12,14H,9,13H2,1-4H3/q+1. The number of hydrogen-bond acceptors (Lipinski definition) is 0. The monoisotopic (exact) mass is 302 g/mol. The van der Waals surface area contributed by atoms with Gasteiger partial charge in [-0.1, -0.05) is 32.0 Å². The number of aryl methyl sites for hydroxylation is 2. The van der Waals surface area contributed by atoms with Gasteiger partial charge in [0, 0.05) is 11.6 Å². The van der Waals surface area contributed by atoms with E-state index in [1.54, 1.807) is 0 Å². The van der Waals surface area contributed by atoms with E-state index >= 15 is 0 Å². The van der Waals surface area contributed by atoms with Crippen molar-refractivity contribution in [3.63, 3.8) is 0 Å². The summed E-state index contributed by atoms with van der Waals surface area (Å²) >= 11 is 0. The molecular formula is C22H24N+.